The van der Waals surface area contributed by atoms with Crippen molar-refractivity contribution in [2.45, 2.75) is 6.92 Å². The fraction of sp³-hybridized carbons (Fsp3) is 0.217. The highest BCUT2D eigenvalue weighted by molar-refractivity contribution is 6.08. The van der Waals surface area contributed by atoms with Crippen LogP contribution in [0.4, 0.5) is 0 Å². The predicted molar refractivity (Wildman–Crippen MR) is 113 cm³/mol. The normalized spacial score (nSPS) is 10.9. The van der Waals surface area contributed by atoms with E-state index in [0.717, 1.165) is 0 Å². The van der Waals surface area contributed by atoms with E-state index >= 15 is 0 Å². The second-order valence-corrected chi connectivity index (χ2v) is 6.20. The third-order valence-electron chi connectivity index (χ3n) is 4.44. The van der Waals surface area contributed by atoms with Gasteiger partial charge in [0.15, 0.2) is 28.6 Å². The maximum absolute atomic E-state index is 12.7. The summed E-state index contributed by atoms with van der Waals surface area (Å²) in [6, 6.07) is 10.1. The lowest BCUT2D eigenvalue weighted by molar-refractivity contribution is 0.104. The van der Waals surface area contributed by atoms with Crippen LogP contribution in [-0.4, -0.2) is 33.7 Å². The third-order valence-corrected chi connectivity index (χ3v) is 4.44. The van der Waals surface area contributed by atoms with Gasteiger partial charge in [-0.1, -0.05) is 12.1 Å². The Bertz CT molecular complexity index is 1160. The van der Waals surface area contributed by atoms with Gasteiger partial charge < -0.3 is 23.4 Å². The first-order valence-electron chi connectivity index (χ1n) is 9.24. The van der Waals surface area contributed by atoms with Gasteiger partial charge >= 0.3 is 5.63 Å². The number of methoxy groups -OCH3 is 3. The molecule has 0 aliphatic carbocycles. The van der Waals surface area contributed by atoms with Crippen molar-refractivity contribution in [2.75, 3.05) is 27.9 Å². The van der Waals surface area contributed by atoms with Crippen LogP contribution in [-0.2, 0) is 0 Å². The number of carbonyl (C=O) groups is 1. The summed E-state index contributed by atoms with van der Waals surface area (Å²) in [7, 11) is 4.54. The molecule has 0 amide bonds. The zero-order valence-corrected chi connectivity index (χ0v) is 17.2. The standard InChI is InChI=1S/C23H22O7/c1-5-29-18-8-6-7-15-11-16(23(25)30-22(15)18)17(24)10-9-14-12-20(27-3)21(28-4)13-19(14)26-2/h6-13H,5H2,1-4H3. The van der Waals surface area contributed by atoms with Crippen molar-refractivity contribution in [1.82, 2.24) is 0 Å². The van der Waals surface area contributed by atoms with Crippen LogP contribution in [0.5, 0.6) is 23.0 Å². The molecule has 1 aromatic heterocycles. The third kappa shape index (κ3) is 4.15. The zero-order valence-electron chi connectivity index (χ0n) is 17.2. The fourth-order valence-corrected chi connectivity index (χ4v) is 3.00. The number of hydrogen-bond acceptors (Lipinski definition) is 7. The number of rotatable bonds is 8. The van der Waals surface area contributed by atoms with Crippen LogP contribution < -0.4 is 24.6 Å². The molecule has 0 unspecified atom stereocenters. The first-order chi connectivity index (χ1) is 14.5. The van der Waals surface area contributed by atoms with Gasteiger partial charge in [0.05, 0.1) is 27.9 Å². The minimum absolute atomic E-state index is 0.0770. The lowest BCUT2D eigenvalue weighted by Gasteiger charge is -2.12. The van der Waals surface area contributed by atoms with Gasteiger partial charge in [-0.25, -0.2) is 4.79 Å². The minimum atomic E-state index is -0.733. The van der Waals surface area contributed by atoms with Crippen molar-refractivity contribution in [2.24, 2.45) is 0 Å². The Morgan fingerprint density at radius 2 is 1.67 bits per heavy atom. The van der Waals surface area contributed by atoms with Gasteiger partial charge in [-0.2, -0.15) is 0 Å². The molecule has 0 saturated carbocycles. The molecule has 1 heterocycles. The molecule has 0 fully saturated rings. The Morgan fingerprint density at radius 1 is 0.967 bits per heavy atom. The molecule has 0 bridgehead atoms. The van der Waals surface area contributed by atoms with E-state index in [9.17, 15) is 9.59 Å². The molecule has 0 saturated heterocycles. The van der Waals surface area contributed by atoms with Crippen molar-refractivity contribution < 1.29 is 28.2 Å². The molecule has 7 nitrogen and oxygen atoms in total. The van der Waals surface area contributed by atoms with Crippen molar-refractivity contribution in [3.05, 3.63) is 64.0 Å². The number of allylic oxidation sites excluding steroid dienone is 1. The highest BCUT2D eigenvalue weighted by Gasteiger charge is 2.15. The Kier molecular flexibility index (Phi) is 6.41. The van der Waals surface area contributed by atoms with Gasteiger partial charge in [0.2, 0.25) is 0 Å². The summed E-state index contributed by atoms with van der Waals surface area (Å²) in [5.74, 6) is 1.43. The molecule has 0 radical (unpaired) electrons. The Balaban J connectivity index is 1.98. The maximum atomic E-state index is 12.7. The average molecular weight is 410 g/mol. The first-order valence-corrected chi connectivity index (χ1v) is 9.24. The summed E-state index contributed by atoms with van der Waals surface area (Å²) in [6.07, 6.45) is 2.83. The minimum Gasteiger partial charge on any atom is -0.496 e. The molecular weight excluding hydrogens is 388 g/mol. The number of hydrogen-bond donors (Lipinski definition) is 0. The predicted octanol–water partition coefficient (Wildman–Crippen LogP) is 4.11. The molecule has 30 heavy (non-hydrogen) atoms. The lowest BCUT2D eigenvalue weighted by Crippen LogP contribution is -2.12. The Hall–Kier alpha value is -3.74. The van der Waals surface area contributed by atoms with Gasteiger partial charge in [-0.15, -0.1) is 0 Å². The lowest BCUT2D eigenvalue weighted by atomic mass is 10.1. The molecule has 3 rings (SSSR count). The topological polar surface area (TPSA) is 84.2 Å². The first kappa shape index (κ1) is 21.0. The summed E-state index contributed by atoms with van der Waals surface area (Å²) < 4.78 is 26.7. The largest absolute Gasteiger partial charge is 0.496 e. The molecule has 0 N–H and O–H groups in total. The van der Waals surface area contributed by atoms with Crippen molar-refractivity contribution in [1.29, 1.82) is 0 Å². The molecule has 2 aromatic carbocycles. The van der Waals surface area contributed by atoms with Crippen LogP contribution in [0.15, 0.2) is 51.7 Å². The quantitative estimate of drug-likeness (QED) is 0.314. The van der Waals surface area contributed by atoms with E-state index in [1.54, 1.807) is 36.4 Å². The van der Waals surface area contributed by atoms with E-state index in [1.807, 2.05) is 6.92 Å². The highest BCUT2D eigenvalue weighted by Crippen LogP contribution is 2.35. The number of ether oxygens (including phenoxy) is 4. The van der Waals surface area contributed by atoms with Crippen LogP contribution >= 0.6 is 0 Å². The van der Waals surface area contributed by atoms with Crippen molar-refractivity contribution >= 4 is 22.8 Å². The van der Waals surface area contributed by atoms with Gasteiger partial charge in [0, 0.05) is 17.0 Å². The second-order valence-electron chi connectivity index (χ2n) is 6.20. The molecule has 3 aromatic rings. The van der Waals surface area contributed by atoms with E-state index in [4.69, 9.17) is 23.4 Å². The Labute approximate surface area is 173 Å². The smallest absolute Gasteiger partial charge is 0.347 e. The zero-order chi connectivity index (χ0) is 21.7. The number of ketones is 1. The summed E-state index contributed by atoms with van der Waals surface area (Å²) in [4.78, 5) is 25.1. The molecule has 0 aliphatic rings. The number of carbonyl (C=O) groups excluding carboxylic acids is 1. The summed E-state index contributed by atoms with van der Waals surface area (Å²) in [5, 5.41) is 0.598. The van der Waals surface area contributed by atoms with Crippen LogP contribution in [0.25, 0.3) is 17.0 Å². The van der Waals surface area contributed by atoms with Gasteiger partial charge in [-0.05, 0) is 37.3 Å². The summed E-state index contributed by atoms with van der Waals surface area (Å²) in [5.41, 5.74) is 0.0918. The number of para-hydroxylation sites is 1. The van der Waals surface area contributed by atoms with Crippen LogP contribution in [0.1, 0.15) is 22.8 Å². The highest BCUT2D eigenvalue weighted by atomic mass is 16.5. The summed E-state index contributed by atoms with van der Waals surface area (Å²) >= 11 is 0. The van der Waals surface area contributed by atoms with Gasteiger partial charge in [0.25, 0.3) is 0 Å². The van der Waals surface area contributed by atoms with Crippen LogP contribution in [0, 0.1) is 0 Å². The molecular formula is C23H22O7. The number of benzene rings is 2. The van der Waals surface area contributed by atoms with E-state index in [0.29, 0.717) is 46.1 Å². The molecule has 156 valence electrons. The van der Waals surface area contributed by atoms with Crippen LogP contribution in [0.2, 0.25) is 0 Å². The fourth-order valence-electron chi connectivity index (χ4n) is 3.00. The molecule has 7 heteroatoms. The van der Waals surface area contributed by atoms with Crippen LogP contribution in [0.3, 0.4) is 0 Å². The maximum Gasteiger partial charge on any atom is 0.347 e. The summed E-state index contributed by atoms with van der Waals surface area (Å²) in [6.45, 7) is 2.27. The SMILES string of the molecule is CCOc1cccc2cc(C(=O)C=Cc3cc(OC)c(OC)cc3OC)c(=O)oc12. The van der Waals surface area contributed by atoms with E-state index in [-0.39, 0.29) is 5.56 Å². The average Bonchev–Trinajstić information content (AvgIpc) is 2.77. The second kappa shape index (κ2) is 9.17. The molecule has 0 atom stereocenters. The Morgan fingerprint density at radius 3 is 2.33 bits per heavy atom. The molecule has 0 aliphatic heterocycles. The molecule has 0 spiro atoms. The van der Waals surface area contributed by atoms with Gasteiger partial charge in [-0.3, -0.25) is 4.79 Å². The monoisotopic (exact) mass is 410 g/mol. The number of fused-ring (bicyclic) bond motifs is 1. The van der Waals surface area contributed by atoms with Gasteiger partial charge in [0.1, 0.15) is 11.3 Å². The van der Waals surface area contributed by atoms with Crippen molar-refractivity contribution in [3.63, 3.8) is 0 Å². The van der Waals surface area contributed by atoms with Crippen molar-refractivity contribution in [3.8, 4) is 23.0 Å². The van der Waals surface area contributed by atoms with E-state index in [1.165, 1.54) is 33.5 Å². The van der Waals surface area contributed by atoms with E-state index in [2.05, 4.69) is 0 Å². The van der Waals surface area contributed by atoms with E-state index < -0.39 is 11.4 Å².